The molecule has 0 fully saturated rings. The summed E-state index contributed by atoms with van der Waals surface area (Å²) < 4.78 is 5.52. The second-order valence-corrected chi connectivity index (χ2v) is 2.98. The lowest BCUT2D eigenvalue weighted by Crippen LogP contribution is -2.22. The Bertz CT molecular complexity index is 254. The molecule has 0 saturated carbocycles. The average molecular weight is 227 g/mol. The predicted octanol–water partition coefficient (Wildman–Crippen LogP) is 4.02. The van der Waals surface area contributed by atoms with Crippen LogP contribution in [-0.2, 0) is 0 Å². The topological polar surface area (TPSA) is 35.2 Å². The van der Waals surface area contributed by atoms with Crippen LogP contribution in [-0.4, -0.2) is 12.6 Å². The molecule has 1 rings (SSSR count). The number of benzene rings is 1. The highest BCUT2D eigenvalue weighted by Gasteiger charge is 1.99. The van der Waals surface area contributed by atoms with E-state index in [2.05, 4.69) is 0 Å². The van der Waals surface area contributed by atoms with Crippen molar-refractivity contribution < 1.29 is 6.16 Å². The third-order valence-corrected chi connectivity index (χ3v) is 1.66. The first-order valence-electron chi connectivity index (χ1n) is 6.16. The maximum atomic E-state index is 5.52. The smallest absolute Gasteiger partial charge is 0.120 e. The van der Waals surface area contributed by atoms with Crippen molar-refractivity contribution >= 4 is 0 Å². The van der Waals surface area contributed by atoms with Crippen molar-refractivity contribution in [3.8, 4) is 5.75 Å². The maximum absolute atomic E-state index is 5.52. The Morgan fingerprint density at radius 3 is 2.25 bits per heavy atom. The maximum Gasteiger partial charge on any atom is 0.120 e. The molecule has 2 heteroatoms. The standard InChI is InChI=1S/C10H15NO.2C2H6.H2/c1-8-4-3-5-10(6-8)12-9(2)7-11;2*1-2;/h3-6,9H,7,11H2,1-2H3;2*1-2H3;1H/t9-;;;/m0.../s1. The summed E-state index contributed by atoms with van der Waals surface area (Å²) in [5.41, 5.74) is 6.64. The van der Waals surface area contributed by atoms with E-state index in [1.807, 2.05) is 65.8 Å². The summed E-state index contributed by atoms with van der Waals surface area (Å²) in [5.74, 6) is 0.896. The number of ether oxygens (including phenoxy) is 1. The molecule has 0 aromatic heterocycles. The van der Waals surface area contributed by atoms with Gasteiger partial charge in [-0.2, -0.15) is 0 Å². The molecule has 2 nitrogen and oxygen atoms in total. The molecular formula is C14H29NO. The second kappa shape index (κ2) is 12.1. The Morgan fingerprint density at radius 1 is 1.25 bits per heavy atom. The molecule has 0 aliphatic rings. The van der Waals surface area contributed by atoms with Gasteiger partial charge in [-0.1, -0.05) is 39.8 Å². The molecule has 0 heterocycles. The van der Waals surface area contributed by atoms with Crippen LogP contribution in [0.25, 0.3) is 0 Å². The minimum Gasteiger partial charge on any atom is -0.489 e. The molecular weight excluding hydrogens is 198 g/mol. The zero-order valence-corrected chi connectivity index (χ0v) is 11.6. The Morgan fingerprint density at radius 2 is 1.81 bits per heavy atom. The lowest BCUT2D eigenvalue weighted by molar-refractivity contribution is 0.230. The van der Waals surface area contributed by atoms with Gasteiger partial charge in [-0.25, -0.2) is 0 Å². The quantitative estimate of drug-likeness (QED) is 0.846. The number of nitrogens with two attached hydrogens (primary N) is 1. The van der Waals surface area contributed by atoms with E-state index >= 15 is 0 Å². The van der Waals surface area contributed by atoms with E-state index in [-0.39, 0.29) is 7.53 Å². The van der Waals surface area contributed by atoms with Crippen LogP contribution in [0.4, 0.5) is 0 Å². The molecule has 0 saturated heterocycles. The summed E-state index contributed by atoms with van der Waals surface area (Å²) in [7, 11) is 0. The number of aryl methyl sites for hydroxylation is 1. The molecule has 1 aromatic rings. The Labute approximate surface area is 102 Å². The van der Waals surface area contributed by atoms with Crippen LogP contribution < -0.4 is 10.5 Å². The Balaban J connectivity index is -0.000000355. The summed E-state index contributed by atoms with van der Waals surface area (Å²) in [6.45, 7) is 12.6. The van der Waals surface area contributed by atoms with Crippen LogP contribution in [0.5, 0.6) is 5.75 Å². The molecule has 0 aliphatic carbocycles. The third kappa shape index (κ3) is 8.30. The molecule has 1 atom stereocenters. The largest absolute Gasteiger partial charge is 0.489 e. The SMILES string of the molecule is CC.CC.Cc1cccc(O[C@@H](C)CN)c1.[HH]. The lowest BCUT2D eigenvalue weighted by Gasteiger charge is -2.12. The van der Waals surface area contributed by atoms with E-state index in [1.54, 1.807) is 0 Å². The van der Waals surface area contributed by atoms with Gasteiger partial charge in [-0.05, 0) is 31.5 Å². The van der Waals surface area contributed by atoms with Gasteiger partial charge >= 0.3 is 0 Å². The van der Waals surface area contributed by atoms with Gasteiger partial charge in [0.2, 0.25) is 0 Å². The van der Waals surface area contributed by atoms with Gasteiger partial charge in [0, 0.05) is 7.97 Å². The minimum absolute atomic E-state index is 0. The van der Waals surface area contributed by atoms with Crippen molar-refractivity contribution in [1.82, 2.24) is 0 Å². The zero-order chi connectivity index (χ0) is 13.0. The first kappa shape index (κ1) is 17.4. The monoisotopic (exact) mass is 227 g/mol. The van der Waals surface area contributed by atoms with E-state index < -0.39 is 0 Å². The first-order chi connectivity index (χ1) is 7.72. The molecule has 0 aliphatic heterocycles. The molecule has 0 amide bonds. The molecule has 1 aromatic carbocycles. The van der Waals surface area contributed by atoms with Gasteiger partial charge in [-0.3, -0.25) is 0 Å². The fourth-order valence-electron chi connectivity index (χ4n) is 0.969. The summed E-state index contributed by atoms with van der Waals surface area (Å²) in [6, 6.07) is 7.97. The molecule has 0 spiro atoms. The highest BCUT2D eigenvalue weighted by atomic mass is 16.5. The van der Waals surface area contributed by atoms with Gasteiger partial charge in [0.25, 0.3) is 0 Å². The summed E-state index contributed by atoms with van der Waals surface area (Å²) in [5, 5.41) is 0. The van der Waals surface area contributed by atoms with Crippen molar-refractivity contribution in [3.05, 3.63) is 29.8 Å². The van der Waals surface area contributed by atoms with Crippen LogP contribution in [0, 0.1) is 6.92 Å². The number of hydrogen-bond acceptors (Lipinski definition) is 2. The van der Waals surface area contributed by atoms with Crippen molar-refractivity contribution in [2.75, 3.05) is 6.54 Å². The molecule has 2 N–H and O–H groups in total. The third-order valence-electron chi connectivity index (χ3n) is 1.66. The highest BCUT2D eigenvalue weighted by molar-refractivity contribution is 5.27. The summed E-state index contributed by atoms with van der Waals surface area (Å²) >= 11 is 0. The molecule has 0 unspecified atom stereocenters. The van der Waals surface area contributed by atoms with Crippen molar-refractivity contribution in [2.24, 2.45) is 5.73 Å². The fourth-order valence-corrected chi connectivity index (χ4v) is 0.969. The van der Waals surface area contributed by atoms with Gasteiger partial charge in [0.1, 0.15) is 11.9 Å². The molecule has 96 valence electrons. The van der Waals surface area contributed by atoms with Crippen LogP contribution in [0.2, 0.25) is 0 Å². The molecule has 0 bridgehead atoms. The van der Waals surface area contributed by atoms with Gasteiger partial charge in [0.15, 0.2) is 0 Å². The van der Waals surface area contributed by atoms with Crippen LogP contribution in [0.15, 0.2) is 24.3 Å². The zero-order valence-electron chi connectivity index (χ0n) is 11.6. The molecule has 0 radical (unpaired) electrons. The first-order valence-corrected chi connectivity index (χ1v) is 6.16. The number of rotatable bonds is 3. The van der Waals surface area contributed by atoms with E-state index in [1.165, 1.54) is 5.56 Å². The number of hydrogen-bond donors (Lipinski definition) is 1. The van der Waals surface area contributed by atoms with E-state index in [0.717, 1.165) is 5.75 Å². The van der Waals surface area contributed by atoms with E-state index in [4.69, 9.17) is 10.5 Å². The minimum atomic E-state index is 0. The van der Waals surface area contributed by atoms with Crippen molar-refractivity contribution in [3.63, 3.8) is 0 Å². The second-order valence-electron chi connectivity index (χ2n) is 2.98. The highest BCUT2D eigenvalue weighted by Crippen LogP contribution is 2.13. The van der Waals surface area contributed by atoms with Crippen LogP contribution in [0.1, 0.15) is 41.6 Å². The van der Waals surface area contributed by atoms with Gasteiger partial charge in [0.05, 0.1) is 0 Å². The Kier molecular flexibility index (Phi) is 13.1. The fraction of sp³-hybridized carbons (Fsp3) is 0.571. The Hall–Kier alpha value is -1.02. The van der Waals surface area contributed by atoms with Gasteiger partial charge in [-0.15, -0.1) is 0 Å². The average Bonchev–Trinajstić information content (AvgIpc) is 2.34. The van der Waals surface area contributed by atoms with E-state index in [0.29, 0.717) is 6.54 Å². The van der Waals surface area contributed by atoms with Crippen molar-refractivity contribution in [1.29, 1.82) is 0 Å². The summed E-state index contributed by atoms with van der Waals surface area (Å²) in [4.78, 5) is 0. The normalized spacial score (nSPS) is 10.2. The molecule has 16 heavy (non-hydrogen) atoms. The van der Waals surface area contributed by atoms with Gasteiger partial charge < -0.3 is 10.5 Å². The van der Waals surface area contributed by atoms with Crippen LogP contribution in [0.3, 0.4) is 0 Å². The summed E-state index contributed by atoms with van der Waals surface area (Å²) in [6.07, 6.45) is 0.0896. The lowest BCUT2D eigenvalue weighted by atomic mass is 10.2. The van der Waals surface area contributed by atoms with Crippen LogP contribution >= 0.6 is 0 Å². The van der Waals surface area contributed by atoms with E-state index in [9.17, 15) is 0 Å². The van der Waals surface area contributed by atoms with Crippen molar-refractivity contribution in [2.45, 2.75) is 47.6 Å². The predicted molar refractivity (Wildman–Crippen MR) is 75.1 cm³/mol.